The van der Waals surface area contributed by atoms with Gasteiger partial charge in [-0.25, -0.2) is 13.9 Å². The van der Waals surface area contributed by atoms with Crippen molar-refractivity contribution in [2.45, 2.75) is 12.7 Å². The van der Waals surface area contributed by atoms with Crippen molar-refractivity contribution in [3.8, 4) is 11.1 Å². The van der Waals surface area contributed by atoms with Gasteiger partial charge in [0.05, 0.1) is 22.7 Å². The van der Waals surface area contributed by atoms with Gasteiger partial charge in [-0.1, -0.05) is 0 Å². The van der Waals surface area contributed by atoms with Gasteiger partial charge in [0.1, 0.15) is 5.82 Å². The molecule has 1 aromatic heterocycles. The molecule has 144 valence electrons. The second-order valence-electron chi connectivity index (χ2n) is 5.20. The smallest absolute Gasteiger partial charge is 0.475 e. The van der Waals surface area contributed by atoms with E-state index in [4.69, 9.17) is 15.6 Å². The zero-order valence-electron chi connectivity index (χ0n) is 13.5. The lowest BCUT2D eigenvalue weighted by Crippen LogP contribution is -2.21. The average Bonchev–Trinajstić information content (AvgIpc) is 3.22. The lowest BCUT2D eigenvalue weighted by molar-refractivity contribution is -0.192. The molecule has 1 unspecified atom stereocenters. The molecule has 1 aliphatic heterocycles. The molecule has 27 heavy (non-hydrogen) atoms. The Labute approximate surface area is 153 Å². The van der Waals surface area contributed by atoms with Gasteiger partial charge in [-0.05, 0) is 35.4 Å². The maximum atomic E-state index is 13.5. The SMILES string of the molecule is NCc1cc(F)cc(-c2cnn(C3=CS(=O)C=C3)c2)c1.O=C(O)C(F)(F)F. The fraction of sp³-hybridized carbons (Fsp3) is 0.125. The predicted octanol–water partition coefficient (Wildman–Crippen LogP) is 2.86. The number of benzene rings is 1. The molecule has 0 bridgehead atoms. The molecule has 3 rings (SSSR count). The highest BCUT2D eigenvalue weighted by Gasteiger charge is 2.38. The molecule has 0 spiro atoms. The summed E-state index contributed by atoms with van der Waals surface area (Å²) in [5.74, 6) is -3.08. The molecule has 1 atom stereocenters. The standard InChI is InChI=1S/C14H12FN3OS.C2HF3O2/c15-13-4-10(6-16)3-11(5-13)12-7-17-18(8-12)14-1-2-20(19)9-14;3-2(4,5)1(6)7/h1-5,7-9H,6,16H2;(H,6,7). The number of aromatic nitrogens is 2. The lowest BCUT2D eigenvalue weighted by atomic mass is 10.1. The number of aliphatic carboxylic acids is 1. The highest BCUT2D eigenvalue weighted by molar-refractivity contribution is 7.91. The van der Waals surface area contributed by atoms with Gasteiger partial charge in [0.2, 0.25) is 0 Å². The van der Waals surface area contributed by atoms with E-state index in [1.807, 2.05) is 6.07 Å². The normalized spacial score (nSPS) is 15.9. The van der Waals surface area contributed by atoms with E-state index in [2.05, 4.69) is 5.10 Å². The monoisotopic (exact) mass is 403 g/mol. The van der Waals surface area contributed by atoms with Crippen molar-refractivity contribution in [3.63, 3.8) is 0 Å². The number of hydrogen-bond acceptors (Lipinski definition) is 4. The number of allylic oxidation sites excluding steroid dienone is 2. The van der Waals surface area contributed by atoms with Gasteiger partial charge in [0.25, 0.3) is 0 Å². The first-order chi connectivity index (χ1) is 12.6. The molecule has 6 nitrogen and oxygen atoms in total. The van der Waals surface area contributed by atoms with Gasteiger partial charge in [-0.3, -0.25) is 4.21 Å². The van der Waals surface area contributed by atoms with Crippen LogP contribution >= 0.6 is 0 Å². The van der Waals surface area contributed by atoms with Crippen molar-refractivity contribution < 1.29 is 31.7 Å². The second-order valence-corrected chi connectivity index (χ2v) is 6.37. The maximum absolute atomic E-state index is 13.5. The zero-order chi connectivity index (χ0) is 20.2. The van der Waals surface area contributed by atoms with Crippen LogP contribution in [-0.2, 0) is 22.1 Å². The van der Waals surface area contributed by atoms with E-state index in [9.17, 15) is 21.8 Å². The van der Waals surface area contributed by atoms with E-state index in [-0.39, 0.29) is 12.4 Å². The molecule has 1 aromatic carbocycles. The summed E-state index contributed by atoms with van der Waals surface area (Å²) in [6, 6.07) is 4.69. The van der Waals surface area contributed by atoms with Crippen LogP contribution in [0, 0.1) is 5.82 Å². The molecule has 0 aliphatic carbocycles. The van der Waals surface area contributed by atoms with Crippen LogP contribution < -0.4 is 5.73 Å². The number of carboxylic acids is 1. The fourth-order valence-corrected chi connectivity index (χ4v) is 2.79. The zero-order valence-corrected chi connectivity index (χ0v) is 14.3. The number of carboxylic acid groups (broad SMARTS) is 1. The van der Waals surface area contributed by atoms with E-state index in [0.717, 1.165) is 22.4 Å². The Bertz CT molecular complexity index is 935. The third-order valence-corrected chi connectivity index (χ3v) is 4.10. The third-order valence-electron chi connectivity index (χ3n) is 3.23. The molecule has 1 aliphatic rings. The van der Waals surface area contributed by atoms with E-state index in [0.29, 0.717) is 0 Å². The molecule has 0 amide bonds. The molecule has 11 heteroatoms. The molecular formula is C16H13F4N3O3S. The molecule has 2 heterocycles. The van der Waals surface area contributed by atoms with E-state index >= 15 is 0 Å². The Hall–Kier alpha value is -2.79. The van der Waals surface area contributed by atoms with Crippen LogP contribution in [0.25, 0.3) is 16.8 Å². The van der Waals surface area contributed by atoms with Crippen LogP contribution in [0.2, 0.25) is 0 Å². The van der Waals surface area contributed by atoms with Crippen molar-refractivity contribution in [2.75, 3.05) is 0 Å². The van der Waals surface area contributed by atoms with Gasteiger partial charge < -0.3 is 10.8 Å². The summed E-state index contributed by atoms with van der Waals surface area (Å²) in [5.41, 5.74) is 8.52. The van der Waals surface area contributed by atoms with Crippen LogP contribution in [-0.4, -0.2) is 31.2 Å². The van der Waals surface area contributed by atoms with Crippen molar-refractivity contribution in [1.82, 2.24) is 9.78 Å². The predicted molar refractivity (Wildman–Crippen MR) is 90.8 cm³/mol. The Morgan fingerprint density at radius 2 is 1.93 bits per heavy atom. The Morgan fingerprint density at radius 1 is 1.26 bits per heavy atom. The summed E-state index contributed by atoms with van der Waals surface area (Å²) in [5, 5.41) is 14.5. The quantitative estimate of drug-likeness (QED) is 0.768. The highest BCUT2D eigenvalue weighted by Crippen LogP contribution is 2.24. The summed E-state index contributed by atoms with van der Waals surface area (Å²) < 4.78 is 58.1. The van der Waals surface area contributed by atoms with E-state index < -0.39 is 22.9 Å². The van der Waals surface area contributed by atoms with Crippen LogP contribution in [0.4, 0.5) is 17.6 Å². The number of halogens is 4. The third kappa shape index (κ3) is 5.59. The van der Waals surface area contributed by atoms with E-state index in [1.165, 1.54) is 12.1 Å². The topological polar surface area (TPSA) is 98.2 Å². The largest absolute Gasteiger partial charge is 0.490 e. The average molecular weight is 403 g/mol. The summed E-state index contributed by atoms with van der Waals surface area (Å²) in [7, 11) is -1.08. The highest BCUT2D eigenvalue weighted by atomic mass is 32.2. The first kappa shape index (κ1) is 20.5. The van der Waals surface area contributed by atoms with Crippen LogP contribution in [0.15, 0.2) is 47.5 Å². The van der Waals surface area contributed by atoms with Crippen molar-refractivity contribution >= 4 is 22.5 Å². The van der Waals surface area contributed by atoms with Gasteiger partial charge in [0, 0.05) is 29.1 Å². The molecule has 0 saturated carbocycles. The summed E-state index contributed by atoms with van der Waals surface area (Å²) >= 11 is 0. The minimum Gasteiger partial charge on any atom is -0.475 e. The molecule has 3 N–H and O–H groups in total. The number of alkyl halides is 3. The Kier molecular flexibility index (Phi) is 6.28. The Balaban J connectivity index is 0.000000321. The molecule has 0 fully saturated rings. The van der Waals surface area contributed by atoms with Crippen LogP contribution in [0.1, 0.15) is 5.56 Å². The molecule has 2 aromatic rings. The molecule has 0 saturated heterocycles. The minimum atomic E-state index is -5.08. The molecule has 0 radical (unpaired) electrons. The van der Waals surface area contributed by atoms with Gasteiger partial charge in [-0.2, -0.15) is 18.3 Å². The van der Waals surface area contributed by atoms with Crippen molar-refractivity contribution in [2.24, 2.45) is 5.73 Å². The number of nitrogens with zero attached hydrogens (tertiary/aromatic N) is 2. The van der Waals surface area contributed by atoms with Gasteiger partial charge in [0.15, 0.2) is 0 Å². The number of carbonyl (C=O) groups is 1. The lowest BCUT2D eigenvalue weighted by Gasteiger charge is -2.02. The summed E-state index contributed by atoms with van der Waals surface area (Å²) in [6.07, 6.45) is 0.0720. The summed E-state index contributed by atoms with van der Waals surface area (Å²) in [6.45, 7) is 0.284. The number of rotatable bonds is 3. The van der Waals surface area contributed by atoms with Crippen LogP contribution in [0.5, 0.6) is 0 Å². The van der Waals surface area contributed by atoms with Crippen molar-refractivity contribution in [1.29, 1.82) is 0 Å². The van der Waals surface area contributed by atoms with E-state index in [1.54, 1.807) is 34.0 Å². The van der Waals surface area contributed by atoms with Crippen molar-refractivity contribution in [3.05, 3.63) is 58.9 Å². The first-order valence-corrected chi connectivity index (χ1v) is 8.52. The minimum absolute atomic E-state index is 0.284. The number of hydrogen-bond donors (Lipinski definition) is 2. The van der Waals surface area contributed by atoms with Gasteiger partial charge in [-0.15, -0.1) is 0 Å². The maximum Gasteiger partial charge on any atom is 0.490 e. The van der Waals surface area contributed by atoms with Gasteiger partial charge >= 0.3 is 12.1 Å². The fourth-order valence-electron chi connectivity index (χ4n) is 2.01. The first-order valence-electron chi connectivity index (χ1n) is 7.24. The number of nitrogens with two attached hydrogens (primary N) is 1. The summed E-state index contributed by atoms with van der Waals surface area (Å²) in [4.78, 5) is 8.90. The molecular weight excluding hydrogens is 390 g/mol. The van der Waals surface area contributed by atoms with Crippen LogP contribution in [0.3, 0.4) is 0 Å². The Morgan fingerprint density at radius 3 is 2.44 bits per heavy atom. The second kappa shape index (κ2) is 8.27.